The molecule has 1 amide bonds. The summed E-state index contributed by atoms with van der Waals surface area (Å²) in [7, 11) is -3.93. The van der Waals surface area contributed by atoms with Crippen LogP contribution in [0.25, 0.3) is 0 Å². The third-order valence-electron chi connectivity index (χ3n) is 4.28. The van der Waals surface area contributed by atoms with E-state index < -0.39 is 33.1 Å². The van der Waals surface area contributed by atoms with E-state index in [9.17, 15) is 22.0 Å². The molecule has 0 unspecified atom stereocenters. The van der Waals surface area contributed by atoms with E-state index in [1.165, 1.54) is 22.5 Å². The number of rotatable bonds is 6. The van der Waals surface area contributed by atoms with E-state index in [0.29, 0.717) is 0 Å². The minimum Gasteiger partial charge on any atom is -0.492 e. The molecule has 0 atom stereocenters. The predicted octanol–water partition coefficient (Wildman–Crippen LogP) is 2.64. The fraction of sp³-hybridized carbons (Fsp3) is 0.316. The molecule has 0 aromatic heterocycles. The summed E-state index contributed by atoms with van der Waals surface area (Å²) in [6.07, 6.45) is 0. The molecule has 156 valence electrons. The van der Waals surface area contributed by atoms with Gasteiger partial charge in [0.15, 0.2) is 0 Å². The minimum absolute atomic E-state index is 0.0629. The molecule has 10 heteroatoms. The second-order valence-electron chi connectivity index (χ2n) is 6.16. The van der Waals surface area contributed by atoms with Gasteiger partial charge in [-0.3, -0.25) is 4.79 Å². The zero-order valence-electron chi connectivity index (χ0n) is 15.7. The van der Waals surface area contributed by atoms with Crippen molar-refractivity contribution in [2.75, 3.05) is 38.2 Å². The molecule has 1 aliphatic rings. The van der Waals surface area contributed by atoms with Crippen molar-refractivity contribution in [2.45, 2.75) is 11.8 Å². The van der Waals surface area contributed by atoms with Crippen molar-refractivity contribution in [1.29, 1.82) is 0 Å². The van der Waals surface area contributed by atoms with Crippen LogP contribution >= 0.6 is 0 Å². The molecule has 29 heavy (non-hydrogen) atoms. The molecule has 0 radical (unpaired) electrons. The molecule has 2 aromatic rings. The van der Waals surface area contributed by atoms with Gasteiger partial charge < -0.3 is 14.8 Å². The number of carbonyl (C=O) groups is 1. The van der Waals surface area contributed by atoms with Crippen molar-refractivity contribution in [2.24, 2.45) is 0 Å². The van der Waals surface area contributed by atoms with E-state index in [2.05, 4.69) is 5.32 Å². The number of hydrogen-bond donors (Lipinski definition) is 1. The zero-order valence-corrected chi connectivity index (χ0v) is 16.5. The van der Waals surface area contributed by atoms with Crippen molar-refractivity contribution < 1.29 is 31.5 Å². The summed E-state index contributed by atoms with van der Waals surface area (Å²) in [6, 6.07) is 7.08. The Bertz CT molecular complexity index is 987. The lowest BCUT2D eigenvalue weighted by molar-refractivity contribution is 0.0729. The van der Waals surface area contributed by atoms with E-state index in [0.717, 1.165) is 18.2 Å². The molecular weight excluding hydrogens is 406 g/mol. The third kappa shape index (κ3) is 4.55. The Morgan fingerprint density at radius 1 is 1.17 bits per heavy atom. The highest BCUT2D eigenvalue weighted by Crippen LogP contribution is 2.31. The van der Waals surface area contributed by atoms with Crippen molar-refractivity contribution >= 4 is 21.6 Å². The number of nitrogens with one attached hydrogen (secondary N) is 1. The van der Waals surface area contributed by atoms with Gasteiger partial charge in [-0.15, -0.1) is 0 Å². The number of benzene rings is 2. The van der Waals surface area contributed by atoms with Crippen LogP contribution in [-0.2, 0) is 14.8 Å². The normalized spacial score (nSPS) is 15.1. The molecule has 7 nitrogen and oxygen atoms in total. The van der Waals surface area contributed by atoms with E-state index >= 15 is 0 Å². The first-order chi connectivity index (χ1) is 13.8. The van der Waals surface area contributed by atoms with Crippen LogP contribution < -0.4 is 10.1 Å². The largest absolute Gasteiger partial charge is 0.492 e. The van der Waals surface area contributed by atoms with Crippen LogP contribution in [0, 0.1) is 11.6 Å². The topological polar surface area (TPSA) is 84.9 Å². The van der Waals surface area contributed by atoms with Gasteiger partial charge in [-0.25, -0.2) is 17.2 Å². The van der Waals surface area contributed by atoms with E-state index in [4.69, 9.17) is 9.47 Å². The summed E-state index contributed by atoms with van der Waals surface area (Å²) in [4.78, 5) is 12.2. The first-order valence-corrected chi connectivity index (χ1v) is 10.4. The van der Waals surface area contributed by atoms with Crippen molar-refractivity contribution in [1.82, 2.24) is 4.31 Å². The maximum absolute atomic E-state index is 13.8. The first-order valence-electron chi connectivity index (χ1n) is 8.94. The van der Waals surface area contributed by atoms with Gasteiger partial charge >= 0.3 is 0 Å². The molecule has 3 rings (SSSR count). The van der Waals surface area contributed by atoms with Crippen molar-refractivity contribution in [3.05, 3.63) is 53.6 Å². The Morgan fingerprint density at radius 3 is 2.45 bits per heavy atom. The summed E-state index contributed by atoms with van der Waals surface area (Å²) >= 11 is 0. The first kappa shape index (κ1) is 21.2. The number of nitrogens with zero attached hydrogens (tertiary/aromatic N) is 1. The molecule has 0 spiro atoms. The van der Waals surface area contributed by atoms with Gasteiger partial charge in [0.05, 0.1) is 19.8 Å². The summed E-state index contributed by atoms with van der Waals surface area (Å²) in [6.45, 7) is 2.85. The van der Waals surface area contributed by atoms with Gasteiger partial charge in [0.1, 0.15) is 27.8 Å². The van der Waals surface area contributed by atoms with Gasteiger partial charge in [0.25, 0.3) is 5.91 Å². The van der Waals surface area contributed by atoms with Crippen LogP contribution in [-0.4, -0.2) is 51.5 Å². The standard InChI is InChI=1S/C19H20F2N2O5S/c1-2-28-16-7-6-13(22-19(24)18-14(20)4-3-5-15(18)21)12-17(16)29(25,26)23-8-10-27-11-9-23/h3-7,12H,2,8-11H2,1H3,(H,22,24). The Hall–Kier alpha value is -2.56. The van der Waals surface area contributed by atoms with Crippen LogP contribution in [0.5, 0.6) is 5.75 Å². The quantitative estimate of drug-likeness (QED) is 0.768. The van der Waals surface area contributed by atoms with Crippen molar-refractivity contribution in [3.63, 3.8) is 0 Å². The molecule has 1 N–H and O–H groups in total. The molecule has 1 saturated heterocycles. The molecule has 0 saturated carbocycles. The number of halogens is 2. The third-order valence-corrected chi connectivity index (χ3v) is 6.20. The molecule has 0 bridgehead atoms. The van der Waals surface area contributed by atoms with Crippen molar-refractivity contribution in [3.8, 4) is 5.75 Å². The van der Waals surface area contributed by atoms with E-state index in [-0.39, 0.29) is 49.2 Å². The molecule has 2 aromatic carbocycles. The minimum atomic E-state index is -3.93. The lowest BCUT2D eigenvalue weighted by Crippen LogP contribution is -2.40. The average molecular weight is 426 g/mol. The number of ether oxygens (including phenoxy) is 2. The van der Waals surface area contributed by atoms with Gasteiger partial charge in [0, 0.05) is 18.8 Å². The number of amides is 1. The maximum atomic E-state index is 13.8. The summed E-state index contributed by atoms with van der Waals surface area (Å²) < 4.78 is 65.7. The Labute approximate surface area is 167 Å². The predicted molar refractivity (Wildman–Crippen MR) is 102 cm³/mol. The van der Waals surface area contributed by atoms with Crippen LogP contribution in [0.4, 0.5) is 14.5 Å². The second-order valence-corrected chi connectivity index (χ2v) is 8.07. The fourth-order valence-electron chi connectivity index (χ4n) is 2.90. The summed E-state index contributed by atoms with van der Waals surface area (Å²) in [5.74, 6) is -2.95. The van der Waals surface area contributed by atoms with Crippen LogP contribution in [0.2, 0.25) is 0 Å². The van der Waals surface area contributed by atoms with Crippen LogP contribution in [0.1, 0.15) is 17.3 Å². The fourth-order valence-corrected chi connectivity index (χ4v) is 4.46. The molecular formula is C19H20F2N2O5S. The number of sulfonamides is 1. The lowest BCUT2D eigenvalue weighted by Gasteiger charge is -2.27. The monoisotopic (exact) mass is 426 g/mol. The molecule has 1 aliphatic heterocycles. The van der Waals surface area contributed by atoms with E-state index in [1.54, 1.807) is 6.92 Å². The number of morpholine rings is 1. The van der Waals surface area contributed by atoms with Crippen LogP contribution in [0.3, 0.4) is 0 Å². The average Bonchev–Trinajstić information content (AvgIpc) is 2.70. The molecule has 1 fully saturated rings. The smallest absolute Gasteiger partial charge is 0.261 e. The highest BCUT2D eigenvalue weighted by molar-refractivity contribution is 7.89. The van der Waals surface area contributed by atoms with Crippen LogP contribution in [0.15, 0.2) is 41.3 Å². The zero-order chi connectivity index (χ0) is 21.0. The lowest BCUT2D eigenvalue weighted by atomic mass is 10.1. The van der Waals surface area contributed by atoms with Gasteiger partial charge in [-0.2, -0.15) is 4.31 Å². The second kappa shape index (κ2) is 8.85. The number of anilines is 1. The van der Waals surface area contributed by atoms with Gasteiger partial charge in [-0.05, 0) is 37.3 Å². The van der Waals surface area contributed by atoms with Gasteiger partial charge in [0.2, 0.25) is 10.0 Å². The SMILES string of the molecule is CCOc1ccc(NC(=O)c2c(F)cccc2F)cc1S(=O)(=O)N1CCOCC1. The summed E-state index contributed by atoms with van der Waals surface area (Å²) in [5, 5.41) is 2.34. The number of carbonyl (C=O) groups excluding carboxylic acids is 1. The Kier molecular flexibility index (Phi) is 6.46. The highest BCUT2D eigenvalue weighted by Gasteiger charge is 2.30. The number of hydrogen-bond acceptors (Lipinski definition) is 5. The maximum Gasteiger partial charge on any atom is 0.261 e. The Morgan fingerprint density at radius 2 is 1.83 bits per heavy atom. The Balaban J connectivity index is 1.95. The molecule has 1 heterocycles. The summed E-state index contributed by atoms with van der Waals surface area (Å²) in [5.41, 5.74) is -0.688. The molecule has 0 aliphatic carbocycles. The van der Waals surface area contributed by atoms with Gasteiger partial charge in [-0.1, -0.05) is 6.07 Å². The highest BCUT2D eigenvalue weighted by atomic mass is 32.2. The van der Waals surface area contributed by atoms with E-state index in [1.807, 2.05) is 0 Å².